The van der Waals surface area contributed by atoms with E-state index in [2.05, 4.69) is 11.0 Å². The minimum Gasteiger partial charge on any atom is -0.330 e. The standard InChI is InChI=1S/C27H28F3N5O2/c28-27(29,30)22-8-6-19(7-9-22)17-35-25(36)23-18-33(16-21-5-3-4-20(14-21)15-32)13-10-24(23)34(26(35)37)12-2-1-11-31/h3-9,14H,1-2,10-13,16-18,31H2. The van der Waals surface area contributed by atoms with Gasteiger partial charge in [-0.05, 0) is 54.8 Å². The van der Waals surface area contributed by atoms with Gasteiger partial charge in [0.1, 0.15) is 0 Å². The van der Waals surface area contributed by atoms with Gasteiger partial charge in [-0.15, -0.1) is 0 Å². The van der Waals surface area contributed by atoms with Gasteiger partial charge in [-0.1, -0.05) is 24.3 Å². The summed E-state index contributed by atoms with van der Waals surface area (Å²) >= 11 is 0. The number of unbranched alkanes of at least 4 members (excludes halogenated alkanes) is 1. The molecular weight excluding hydrogens is 483 g/mol. The minimum absolute atomic E-state index is 0.121. The van der Waals surface area contributed by atoms with Gasteiger partial charge in [-0.2, -0.15) is 18.4 Å². The Bertz CT molecular complexity index is 1420. The molecule has 1 aromatic heterocycles. The molecule has 194 valence electrons. The average molecular weight is 512 g/mol. The van der Waals surface area contributed by atoms with Crippen molar-refractivity contribution in [2.45, 2.75) is 51.6 Å². The molecule has 3 aromatic rings. The zero-order valence-corrected chi connectivity index (χ0v) is 20.3. The molecule has 37 heavy (non-hydrogen) atoms. The molecule has 2 N–H and O–H groups in total. The number of nitrogens with zero attached hydrogens (tertiary/aromatic N) is 4. The number of aromatic nitrogens is 2. The molecule has 0 unspecified atom stereocenters. The van der Waals surface area contributed by atoms with E-state index >= 15 is 0 Å². The van der Waals surface area contributed by atoms with E-state index in [0.29, 0.717) is 67.9 Å². The molecule has 0 aliphatic carbocycles. The number of hydrogen-bond donors (Lipinski definition) is 1. The number of nitrogens with two attached hydrogens (primary N) is 1. The van der Waals surface area contributed by atoms with Crippen LogP contribution < -0.4 is 17.0 Å². The van der Waals surface area contributed by atoms with Crippen LogP contribution in [0.1, 0.15) is 46.4 Å². The van der Waals surface area contributed by atoms with Crippen molar-refractivity contribution in [3.8, 4) is 6.07 Å². The molecule has 0 bridgehead atoms. The first kappa shape index (κ1) is 26.4. The zero-order valence-electron chi connectivity index (χ0n) is 20.3. The summed E-state index contributed by atoms with van der Waals surface area (Å²) < 4.78 is 41.6. The van der Waals surface area contributed by atoms with E-state index in [-0.39, 0.29) is 6.54 Å². The Morgan fingerprint density at radius 2 is 1.73 bits per heavy atom. The summed E-state index contributed by atoms with van der Waals surface area (Å²) in [7, 11) is 0. The highest BCUT2D eigenvalue weighted by atomic mass is 19.4. The maximum Gasteiger partial charge on any atom is 0.416 e. The third kappa shape index (κ3) is 6.01. The van der Waals surface area contributed by atoms with Crippen molar-refractivity contribution in [1.82, 2.24) is 14.0 Å². The smallest absolute Gasteiger partial charge is 0.330 e. The van der Waals surface area contributed by atoms with Crippen LogP contribution in [0.5, 0.6) is 0 Å². The fourth-order valence-electron chi connectivity index (χ4n) is 4.71. The van der Waals surface area contributed by atoms with Crippen molar-refractivity contribution in [2.75, 3.05) is 13.1 Å². The van der Waals surface area contributed by atoms with Crippen molar-refractivity contribution in [3.05, 3.63) is 103 Å². The highest BCUT2D eigenvalue weighted by Crippen LogP contribution is 2.29. The summed E-state index contributed by atoms with van der Waals surface area (Å²) in [4.78, 5) is 29.0. The quantitative estimate of drug-likeness (QED) is 0.469. The van der Waals surface area contributed by atoms with Crippen LogP contribution in [0.25, 0.3) is 0 Å². The highest BCUT2D eigenvalue weighted by Gasteiger charge is 2.30. The van der Waals surface area contributed by atoms with E-state index in [1.807, 2.05) is 18.2 Å². The first-order chi connectivity index (χ1) is 17.7. The summed E-state index contributed by atoms with van der Waals surface area (Å²) in [6, 6.07) is 13.9. The van der Waals surface area contributed by atoms with Gasteiger partial charge < -0.3 is 5.73 Å². The second kappa shape index (κ2) is 11.2. The predicted molar refractivity (Wildman–Crippen MR) is 133 cm³/mol. The summed E-state index contributed by atoms with van der Waals surface area (Å²) in [6.45, 7) is 2.29. The van der Waals surface area contributed by atoms with Gasteiger partial charge >= 0.3 is 11.9 Å². The molecule has 2 aromatic carbocycles. The SMILES string of the molecule is N#Cc1cccc(CN2CCc3c(c(=O)n(Cc4ccc(C(F)(F)F)cc4)c(=O)n3CCCCN)C2)c1. The molecule has 1 aliphatic rings. The lowest BCUT2D eigenvalue weighted by Crippen LogP contribution is -2.47. The summed E-state index contributed by atoms with van der Waals surface area (Å²) in [5.41, 5.74) is 7.11. The minimum atomic E-state index is -4.47. The van der Waals surface area contributed by atoms with E-state index in [1.165, 1.54) is 12.1 Å². The Balaban J connectivity index is 1.68. The number of nitriles is 1. The Hall–Kier alpha value is -3.68. The van der Waals surface area contributed by atoms with Crippen molar-refractivity contribution < 1.29 is 13.2 Å². The topological polar surface area (TPSA) is 97.0 Å². The first-order valence-electron chi connectivity index (χ1n) is 12.1. The van der Waals surface area contributed by atoms with Crippen LogP contribution in [0, 0.1) is 11.3 Å². The van der Waals surface area contributed by atoms with Gasteiger partial charge in [0.15, 0.2) is 0 Å². The van der Waals surface area contributed by atoms with Crippen LogP contribution in [0.15, 0.2) is 58.1 Å². The zero-order chi connectivity index (χ0) is 26.6. The van der Waals surface area contributed by atoms with E-state index in [1.54, 1.807) is 10.6 Å². The molecule has 1 aliphatic heterocycles. The molecule has 7 nitrogen and oxygen atoms in total. The van der Waals surface area contributed by atoms with Crippen LogP contribution in [0.4, 0.5) is 13.2 Å². The fourth-order valence-corrected chi connectivity index (χ4v) is 4.71. The lowest BCUT2D eigenvalue weighted by Gasteiger charge is -2.30. The normalized spacial score (nSPS) is 13.8. The summed E-state index contributed by atoms with van der Waals surface area (Å²) in [6.07, 6.45) is -2.55. The van der Waals surface area contributed by atoms with E-state index < -0.39 is 23.0 Å². The van der Waals surface area contributed by atoms with Gasteiger partial charge in [-0.3, -0.25) is 18.8 Å². The third-order valence-electron chi connectivity index (χ3n) is 6.61. The van der Waals surface area contributed by atoms with Gasteiger partial charge in [0, 0.05) is 38.3 Å². The summed E-state index contributed by atoms with van der Waals surface area (Å²) in [5.74, 6) is 0. The Morgan fingerprint density at radius 1 is 0.973 bits per heavy atom. The van der Waals surface area contributed by atoms with Crippen LogP contribution >= 0.6 is 0 Å². The Morgan fingerprint density at radius 3 is 2.41 bits per heavy atom. The fraction of sp³-hybridized carbons (Fsp3) is 0.370. The molecule has 0 atom stereocenters. The van der Waals surface area contributed by atoms with Gasteiger partial charge in [0.25, 0.3) is 5.56 Å². The van der Waals surface area contributed by atoms with Gasteiger partial charge in [0.2, 0.25) is 0 Å². The van der Waals surface area contributed by atoms with Crippen molar-refractivity contribution in [2.24, 2.45) is 5.73 Å². The van der Waals surface area contributed by atoms with Crippen molar-refractivity contribution in [3.63, 3.8) is 0 Å². The number of rotatable bonds is 8. The maximum atomic E-state index is 13.5. The largest absolute Gasteiger partial charge is 0.416 e. The number of benzene rings is 2. The predicted octanol–water partition coefficient (Wildman–Crippen LogP) is 3.25. The molecule has 0 radical (unpaired) electrons. The highest BCUT2D eigenvalue weighted by molar-refractivity contribution is 5.33. The van der Waals surface area contributed by atoms with Crippen LogP contribution in [0.2, 0.25) is 0 Å². The molecule has 4 rings (SSSR count). The average Bonchev–Trinajstić information content (AvgIpc) is 2.88. The molecular formula is C27H28F3N5O2. The molecule has 10 heteroatoms. The molecule has 0 saturated carbocycles. The maximum absolute atomic E-state index is 13.5. The molecule has 0 amide bonds. The van der Waals surface area contributed by atoms with Crippen molar-refractivity contribution >= 4 is 0 Å². The number of halogens is 3. The number of fused-ring (bicyclic) bond motifs is 1. The van der Waals surface area contributed by atoms with E-state index in [0.717, 1.165) is 28.7 Å². The lowest BCUT2D eigenvalue weighted by molar-refractivity contribution is -0.137. The summed E-state index contributed by atoms with van der Waals surface area (Å²) in [5, 5.41) is 9.18. The Kier molecular flexibility index (Phi) is 7.95. The van der Waals surface area contributed by atoms with Crippen molar-refractivity contribution in [1.29, 1.82) is 5.26 Å². The number of hydrogen-bond acceptors (Lipinski definition) is 5. The van der Waals surface area contributed by atoms with E-state index in [9.17, 15) is 28.0 Å². The van der Waals surface area contributed by atoms with Gasteiger partial charge in [-0.25, -0.2) is 4.79 Å². The third-order valence-corrected chi connectivity index (χ3v) is 6.61. The second-order valence-electron chi connectivity index (χ2n) is 9.21. The monoisotopic (exact) mass is 511 g/mol. The second-order valence-corrected chi connectivity index (χ2v) is 9.21. The number of alkyl halides is 3. The first-order valence-corrected chi connectivity index (χ1v) is 12.1. The molecule has 2 heterocycles. The molecule has 0 saturated heterocycles. The van der Waals surface area contributed by atoms with Gasteiger partial charge in [0.05, 0.1) is 29.3 Å². The Labute approximate surface area is 212 Å². The van der Waals surface area contributed by atoms with Crippen LogP contribution in [0.3, 0.4) is 0 Å². The van der Waals surface area contributed by atoms with Crippen LogP contribution in [-0.4, -0.2) is 27.1 Å². The van der Waals surface area contributed by atoms with Crippen LogP contribution in [-0.2, 0) is 38.8 Å². The lowest BCUT2D eigenvalue weighted by atomic mass is 10.0. The molecule has 0 fully saturated rings. The molecule has 0 spiro atoms. The van der Waals surface area contributed by atoms with E-state index in [4.69, 9.17) is 5.73 Å².